The molecule has 208 valence electrons. The van der Waals surface area contributed by atoms with Gasteiger partial charge >= 0.3 is 0 Å². The van der Waals surface area contributed by atoms with Crippen molar-refractivity contribution in [2.24, 2.45) is 0 Å². The van der Waals surface area contributed by atoms with E-state index in [0.717, 1.165) is 38.6 Å². The SMILES string of the molecule is C=C/C=C\C=C1/CN(c2cccc3cccc(-n4c(/C=C\CC)c(C=C)c5c4=CCCC=5)c23)C(/C=C\C)=C1CCC. The summed E-state index contributed by atoms with van der Waals surface area (Å²) in [6.45, 7) is 15.5. The van der Waals surface area contributed by atoms with Crippen molar-refractivity contribution in [1.29, 1.82) is 0 Å². The first-order valence-electron chi connectivity index (χ1n) is 15.1. The third-order valence-electron chi connectivity index (χ3n) is 7.97. The molecule has 0 N–H and O–H groups in total. The standard InChI is InChI=1S/C39H42N2/c1-6-11-13-20-30-28-40(34(19-9-4)32(30)18-8-3)37-26-16-21-29-22-17-27-38(39(29)37)41-35(24-12-7-2)31(10-5)33-23-14-15-25-36(33)41/h6,9-13,16-17,19-27H,1,5,7-8,14-15,18,28H2,2-4H3/b13-11-,19-9-,24-12-,30-20+. The number of rotatable bonds is 10. The van der Waals surface area contributed by atoms with E-state index in [0.29, 0.717) is 0 Å². The molecule has 2 heterocycles. The number of benzene rings is 2. The number of hydrogen-bond acceptors (Lipinski definition) is 1. The lowest BCUT2D eigenvalue weighted by atomic mass is 10.0. The van der Waals surface area contributed by atoms with Gasteiger partial charge in [0.2, 0.25) is 0 Å². The van der Waals surface area contributed by atoms with E-state index < -0.39 is 0 Å². The van der Waals surface area contributed by atoms with Crippen LogP contribution in [0.3, 0.4) is 0 Å². The number of allylic oxidation sites excluding steroid dienone is 7. The predicted octanol–water partition coefficient (Wildman–Crippen LogP) is 9.17. The number of aromatic nitrogens is 1. The van der Waals surface area contributed by atoms with E-state index >= 15 is 0 Å². The van der Waals surface area contributed by atoms with E-state index in [-0.39, 0.29) is 0 Å². The Kier molecular flexibility index (Phi) is 8.89. The highest BCUT2D eigenvalue weighted by atomic mass is 15.2. The van der Waals surface area contributed by atoms with Crippen LogP contribution in [0.4, 0.5) is 5.69 Å². The summed E-state index contributed by atoms with van der Waals surface area (Å²) in [5.74, 6) is 0. The van der Waals surface area contributed by atoms with Crippen molar-refractivity contribution in [2.45, 2.75) is 52.9 Å². The smallest absolute Gasteiger partial charge is 0.0561 e. The van der Waals surface area contributed by atoms with Crippen molar-refractivity contribution in [1.82, 2.24) is 4.57 Å². The van der Waals surface area contributed by atoms with Crippen LogP contribution in [0, 0.1) is 0 Å². The minimum Gasteiger partial charge on any atom is -0.336 e. The fourth-order valence-corrected chi connectivity index (χ4v) is 6.27. The Balaban J connectivity index is 1.83. The van der Waals surface area contributed by atoms with Gasteiger partial charge in [-0.15, -0.1) is 0 Å². The number of nitrogens with zero attached hydrogens (tertiary/aromatic N) is 2. The van der Waals surface area contributed by atoms with E-state index in [2.05, 4.69) is 128 Å². The van der Waals surface area contributed by atoms with E-state index in [9.17, 15) is 0 Å². The van der Waals surface area contributed by atoms with Crippen LogP contribution in [0.5, 0.6) is 0 Å². The number of fused-ring (bicyclic) bond motifs is 2. The van der Waals surface area contributed by atoms with Crippen LogP contribution in [-0.2, 0) is 0 Å². The molecule has 0 unspecified atom stereocenters. The fraction of sp³-hybridized carbons (Fsp3) is 0.231. The Bertz CT molecular complexity index is 1740. The van der Waals surface area contributed by atoms with Gasteiger partial charge in [0, 0.05) is 33.8 Å². The van der Waals surface area contributed by atoms with Crippen molar-refractivity contribution in [3.05, 3.63) is 131 Å². The largest absolute Gasteiger partial charge is 0.336 e. The molecule has 3 aromatic rings. The molecular weight excluding hydrogens is 496 g/mol. The third kappa shape index (κ3) is 5.27. The predicted molar refractivity (Wildman–Crippen MR) is 182 cm³/mol. The maximum Gasteiger partial charge on any atom is 0.0561 e. The highest BCUT2D eigenvalue weighted by molar-refractivity contribution is 6.02. The average Bonchev–Trinajstić information content (AvgIpc) is 3.50. The van der Waals surface area contributed by atoms with Crippen LogP contribution in [-0.4, -0.2) is 11.1 Å². The molecule has 0 saturated carbocycles. The average molecular weight is 539 g/mol. The highest BCUT2D eigenvalue weighted by Crippen LogP contribution is 2.41. The summed E-state index contributed by atoms with van der Waals surface area (Å²) in [7, 11) is 0. The van der Waals surface area contributed by atoms with Gasteiger partial charge in [0.05, 0.1) is 17.1 Å². The molecule has 2 aliphatic rings. The van der Waals surface area contributed by atoms with Gasteiger partial charge in [0.1, 0.15) is 0 Å². The zero-order valence-corrected chi connectivity index (χ0v) is 24.9. The van der Waals surface area contributed by atoms with Crippen LogP contribution < -0.4 is 15.5 Å². The van der Waals surface area contributed by atoms with E-state index in [4.69, 9.17) is 0 Å². The summed E-state index contributed by atoms with van der Waals surface area (Å²) < 4.78 is 2.48. The van der Waals surface area contributed by atoms with Gasteiger partial charge in [-0.2, -0.15) is 0 Å². The van der Waals surface area contributed by atoms with Crippen LogP contribution >= 0.6 is 0 Å². The summed E-state index contributed by atoms with van der Waals surface area (Å²) in [6.07, 6.45) is 29.3. The first kappa shape index (κ1) is 28.2. The lowest BCUT2D eigenvalue weighted by molar-refractivity contribution is 0.914. The van der Waals surface area contributed by atoms with Crippen molar-refractivity contribution in [3.8, 4) is 5.69 Å². The molecule has 41 heavy (non-hydrogen) atoms. The zero-order valence-electron chi connectivity index (χ0n) is 24.9. The molecule has 1 aliphatic carbocycles. The topological polar surface area (TPSA) is 8.17 Å². The number of hydrogen-bond donors (Lipinski definition) is 0. The quantitative estimate of drug-likeness (QED) is 0.234. The highest BCUT2D eigenvalue weighted by Gasteiger charge is 2.28. The Labute approximate surface area is 245 Å². The summed E-state index contributed by atoms with van der Waals surface area (Å²) in [4.78, 5) is 2.52. The van der Waals surface area contributed by atoms with Crippen LogP contribution in [0.1, 0.15) is 64.1 Å². The lowest BCUT2D eigenvalue weighted by Crippen LogP contribution is -2.31. The lowest BCUT2D eigenvalue weighted by Gasteiger charge is -2.25. The van der Waals surface area contributed by atoms with Gasteiger partial charge in [-0.1, -0.05) is 112 Å². The molecule has 0 atom stereocenters. The maximum absolute atomic E-state index is 4.23. The monoisotopic (exact) mass is 538 g/mol. The van der Waals surface area contributed by atoms with Crippen molar-refractivity contribution >= 4 is 40.8 Å². The third-order valence-corrected chi connectivity index (χ3v) is 7.97. The molecule has 5 rings (SSSR count). The Morgan fingerprint density at radius 2 is 1.71 bits per heavy atom. The fourth-order valence-electron chi connectivity index (χ4n) is 6.27. The van der Waals surface area contributed by atoms with E-state index in [1.54, 1.807) is 0 Å². The summed E-state index contributed by atoms with van der Waals surface area (Å²) in [5, 5.41) is 5.09. The summed E-state index contributed by atoms with van der Waals surface area (Å²) >= 11 is 0. The van der Waals surface area contributed by atoms with Crippen molar-refractivity contribution < 1.29 is 0 Å². The minimum atomic E-state index is 0.841. The first-order valence-corrected chi connectivity index (χ1v) is 15.1. The molecule has 0 spiro atoms. The Morgan fingerprint density at radius 1 is 0.927 bits per heavy atom. The molecule has 0 bridgehead atoms. The molecular formula is C39H42N2. The van der Waals surface area contributed by atoms with Crippen LogP contribution in [0.15, 0.2) is 109 Å². The zero-order chi connectivity index (χ0) is 28.8. The Morgan fingerprint density at radius 3 is 2.41 bits per heavy atom. The summed E-state index contributed by atoms with van der Waals surface area (Å²) in [6, 6.07) is 13.5. The molecule has 1 aromatic heterocycles. The second-order valence-corrected chi connectivity index (χ2v) is 10.6. The van der Waals surface area contributed by atoms with Gasteiger partial charge in [0.15, 0.2) is 0 Å². The molecule has 2 aromatic carbocycles. The Hall–Kier alpha value is -4.30. The van der Waals surface area contributed by atoms with Gasteiger partial charge in [-0.25, -0.2) is 0 Å². The second-order valence-electron chi connectivity index (χ2n) is 10.6. The summed E-state index contributed by atoms with van der Waals surface area (Å²) in [5.41, 5.74) is 8.97. The van der Waals surface area contributed by atoms with Crippen molar-refractivity contribution in [2.75, 3.05) is 11.4 Å². The molecule has 0 fully saturated rings. The molecule has 2 nitrogen and oxygen atoms in total. The van der Waals surface area contributed by atoms with E-state index in [1.165, 1.54) is 60.8 Å². The molecule has 1 aliphatic heterocycles. The minimum absolute atomic E-state index is 0.841. The molecule has 0 radical (unpaired) electrons. The molecule has 2 heteroatoms. The molecule has 0 saturated heterocycles. The molecule has 0 amide bonds. The first-order chi connectivity index (χ1) is 20.2. The maximum atomic E-state index is 4.23. The van der Waals surface area contributed by atoms with Gasteiger partial charge < -0.3 is 9.47 Å². The van der Waals surface area contributed by atoms with Crippen LogP contribution in [0.2, 0.25) is 0 Å². The van der Waals surface area contributed by atoms with Gasteiger partial charge in [-0.05, 0) is 73.4 Å². The normalized spacial score (nSPS) is 16.4. The van der Waals surface area contributed by atoms with Gasteiger partial charge in [-0.3, -0.25) is 0 Å². The van der Waals surface area contributed by atoms with Crippen LogP contribution in [0.25, 0.3) is 40.8 Å². The van der Waals surface area contributed by atoms with Gasteiger partial charge in [0.25, 0.3) is 0 Å². The number of anilines is 1. The van der Waals surface area contributed by atoms with E-state index in [1.807, 2.05) is 18.2 Å². The second kappa shape index (κ2) is 12.9. The van der Waals surface area contributed by atoms with Crippen molar-refractivity contribution in [3.63, 3.8) is 0 Å².